The van der Waals surface area contributed by atoms with Crippen LogP contribution in [-0.4, -0.2) is 4.98 Å². The number of fused-ring (bicyclic) bond motifs is 1. The van der Waals surface area contributed by atoms with E-state index in [1.165, 1.54) is 6.07 Å². The molecule has 1 heterocycles. The first kappa shape index (κ1) is 10.3. The van der Waals surface area contributed by atoms with Crippen molar-refractivity contribution in [2.75, 3.05) is 0 Å². The monoisotopic (exact) mass is 365 g/mol. The number of pyridine rings is 1. The molecule has 0 aliphatic rings. The van der Waals surface area contributed by atoms with Crippen molar-refractivity contribution in [3.05, 3.63) is 37.8 Å². The van der Waals surface area contributed by atoms with Gasteiger partial charge in [0.05, 0.1) is 5.69 Å². The van der Waals surface area contributed by atoms with E-state index in [9.17, 15) is 4.39 Å². The number of hydrogen-bond donors (Lipinski definition) is 0. The van der Waals surface area contributed by atoms with E-state index in [4.69, 9.17) is 0 Å². The fourth-order valence-corrected chi connectivity index (χ4v) is 2.32. The molecule has 0 N–H and O–H groups in total. The van der Waals surface area contributed by atoms with Crippen LogP contribution in [0.4, 0.5) is 4.39 Å². The van der Waals surface area contributed by atoms with Crippen molar-refractivity contribution in [3.63, 3.8) is 0 Å². The third-order valence-corrected chi connectivity index (χ3v) is 4.90. The van der Waals surface area contributed by atoms with Gasteiger partial charge in [0.25, 0.3) is 0 Å². The minimum absolute atomic E-state index is 0.275. The summed E-state index contributed by atoms with van der Waals surface area (Å²) in [5.41, 5.74) is 1.27. The molecular weight excluding hydrogens is 360 g/mol. The molecule has 0 atom stereocenters. The maximum atomic E-state index is 13.4. The van der Waals surface area contributed by atoms with Gasteiger partial charge < -0.3 is 0 Å². The number of rotatable bonds is 0. The van der Waals surface area contributed by atoms with Gasteiger partial charge in [-0.3, -0.25) is 0 Å². The predicted octanol–water partition coefficient (Wildman–Crippen LogP) is 4.05. The molecule has 1 aromatic carbocycles. The van der Waals surface area contributed by atoms with Crippen LogP contribution in [0.15, 0.2) is 22.7 Å². The highest BCUT2D eigenvalue weighted by Gasteiger charge is 2.10. The second kappa shape index (κ2) is 3.73. The van der Waals surface area contributed by atoms with Crippen LogP contribution in [0.2, 0.25) is 0 Å². The van der Waals surface area contributed by atoms with E-state index in [-0.39, 0.29) is 5.82 Å². The van der Waals surface area contributed by atoms with Gasteiger partial charge in [0.2, 0.25) is 0 Å². The average molecular weight is 366 g/mol. The zero-order chi connectivity index (χ0) is 10.3. The number of nitrogens with zero attached hydrogens (tertiary/aromatic N) is 1. The van der Waals surface area contributed by atoms with Crippen LogP contribution in [0.1, 0.15) is 5.69 Å². The van der Waals surface area contributed by atoms with E-state index in [0.29, 0.717) is 5.52 Å². The Morgan fingerprint density at radius 1 is 1.43 bits per heavy atom. The van der Waals surface area contributed by atoms with Crippen LogP contribution in [-0.2, 0) is 0 Å². The second-order valence-corrected chi connectivity index (χ2v) is 4.83. The third-order valence-electron chi connectivity index (χ3n) is 2.01. The Hall–Kier alpha value is -0.230. The Bertz CT molecular complexity index is 513. The summed E-state index contributed by atoms with van der Waals surface area (Å²) in [4.78, 5) is 4.22. The summed E-state index contributed by atoms with van der Waals surface area (Å²) < 4.78 is 15.3. The fraction of sp³-hybridized carbons (Fsp3) is 0.100. The highest BCUT2D eigenvalue weighted by molar-refractivity contribution is 14.1. The largest absolute Gasteiger partial charge is 0.249 e. The summed E-state index contributed by atoms with van der Waals surface area (Å²) in [6.45, 7) is 1.87. The minimum atomic E-state index is -0.275. The van der Waals surface area contributed by atoms with E-state index < -0.39 is 0 Å². The van der Waals surface area contributed by atoms with Crippen molar-refractivity contribution in [1.29, 1.82) is 0 Å². The third kappa shape index (κ3) is 1.54. The van der Waals surface area contributed by atoms with Crippen molar-refractivity contribution < 1.29 is 4.39 Å². The summed E-state index contributed by atoms with van der Waals surface area (Å²) in [5.74, 6) is -0.275. The van der Waals surface area contributed by atoms with Gasteiger partial charge >= 0.3 is 0 Å². The Labute approximate surface area is 103 Å². The highest BCUT2D eigenvalue weighted by Crippen LogP contribution is 2.30. The molecule has 0 radical (unpaired) electrons. The van der Waals surface area contributed by atoms with Crippen molar-refractivity contribution in [3.8, 4) is 0 Å². The lowest BCUT2D eigenvalue weighted by molar-refractivity contribution is 0.636. The lowest BCUT2D eigenvalue weighted by Gasteiger charge is -2.06. The van der Waals surface area contributed by atoms with Crippen LogP contribution in [0, 0.1) is 16.3 Å². The molecule has 4 heteroatoms. The molecule has 14 heavy (non-hydrogen) atoms. The maximum Gasteiger partial charge on any atom is 0.149 e. The lowest BCUT2D eigenvalue weighted by atomic mass is 10.2. The van der Waals surface area contributed by atoms with Crippen LogP contribution in [0.5, 0.6) is 0 Å². The molecular formula is C10H6BrFIN. The first-order valence-electron chi connectivity index (χ1n) is 4.01. The molecule has 0 fully saturated rings. The van der Waals surface area contributed by atoms with E-state index in [1.807, 2.05) is 13.0 Å². The number of benzene rings is 1. The molecule has 0 amide bonds. The predicted molar refractivity (Wildman–Crippen MR) is 66.9 cm³/mol. The fourth-order valence-electron chi connectivity index (χ4n) is 1.30. The van der Waals surface area contributed by atoms with Crippen LogP contribution >= 0.6 is 38.5 Å². The number of aromatic nitrogens is 1. The van der Waals surface area contributed by atoms with Crippen molar-refractivity contribution in [2.24, 2.45) is 0 Å². The average Bonchev–Trinajstić information content (AvgIpc) is 2.17. The Morgan fingerprint density at radius 3 is 2.86 bits per heavy atom. The summed E-state index contributed by atoms with van der Waals surface area (Å²) in [6, 6.07) is 4.97. The first-order chi connectivity index (χ1) is 6.61. The minimum Gasteiger partial charge on any atom is -0.249 e. The second-order valence-electron chi connectivity index (χ2n) is 2.96. The van der Waals surface area contributed by atoms with Gasteiger partial charge in [-0.25, -0.2) is 9.37 Å². The van der Waals surface area contributed by atoms with Gasteiger partial charge in [-0.1, -0.05) is 12.1 Å². The van der Waals surface area contributed by atoms with Crippen molar-refractivity contribution in [1.82, 2.24) is 4.98 Å². The van der Waals surface area contributed by atoms with E-state index >= 15 is 0 Å². The molecule has 2 rings (SSSR count). The maximum absolute atomic E-state index is 13.4. The molecule has 0 saturated carbocycles. The number of aryl methyl sites for hydroxylation is 1. The zero-order valence-electron chi connectivity index (χ0n) is 7.31. The zero-order valence-corrected chi connectivity index (χ0v) is 11.1. The van der Waals surface area contributed by atoms with Crippen molar-refractivity contribution in [2.45, 2.75) is 6.92 Å². The molecule has 1 nitrogen and oxygen atoms in total. The van der Waals surface area contributed by atoms with Crippen LogP contribution < -0.4 is 0 Å². The number of para-hydroxylation sites is 1. The topological polar surface area (TPSA) is 12.9 Å². The SMILES string of the molecule is Cc1nc2c(F)cccc2c(Br)c1I. The first-order valence-corrected chi connectivity index (χ1v) is 5.88. The molecule has 1 aromatic heterocycles. The quantitative estimate of drug-likeness (QED) is 0.642. The Morgan fingerprint density at radius 2 is 2.14 bits per heavy atom. The van der Waals surface area contributed by atoms with Gasteiger partial charge in [0, 0.05) is 13.4 Å². The summed E-state index contributed by atoms with van der Waals surface area (Å²) >= 11 is 5.65. The number of hydrogen-bond acceptors (Lipinski definition) is 1. The smallest absolute Gasteiger partial charge is 0.149 e. The van der Waals surface area contributed by atoms with E-state index in [0.717, 1.165) is 19.1 Å². The Balaban J connectivity index is 2.98. The van der Waals surface area contributed by atoms with E-state index in [2.05, 4.69) is 43.5 Å². The van der Waals surface area contributed by atoms with Gasteiger partial charge in [-0.15, -0.1) is 0 Å². The molecule has 72 valence electrons. The Kier molecular flexibility index (Phi) is 2.74. The molecule has 0 saturated heterocycles. The van der Waals surface area contributed by atoms with Gasteiger partial charge in [-0.05, 0) is 51.5 Å². The van der Waals surface area contributed by atoms with E-state index in [1.54, 1.807) is 6.07 Å². The normalized spacial score (nSPS) is 10.9. The molecule has 0 spiro atoms. The number of halogens is 3. The van der Waals surface area contributed by atoms with Crippen LogP contribution in [0.3, 0.4) is 0 Å². The molecule has 0 aliphatic carbocycles. The molecule has 0 aliphatic heterocycles. The molecule has 2 aromatic rings. The van der Waals surface area contributed by atoms with Gasteiger partial charge in [0.15, 0.2) is 0 Å². The van der Waals surface area contributed by atoms with Crippen molar-refractivity contribution >= 4 is 49.4 Å². The summed E-state index contributed by atoms with van der Waals surface area (Å²) in [5, 5.41) is 0.819. The molecule has 0 unspecified atom stereocenters. The van der Waals surface area contributed by atoms with Gasteiger partial charge in [0.1, 0.15) is 11.3 Å². The molecule has 0 bridgehead atoms. The van der Waals surface area contributed by atoms with Crippen LogP contribution in [0.25, 0.3) is 10.9 Å². The lowest BCUT2D eigenvalue weighted by Crippen LogP contribution is -1.92. The summed E-state index contributed by atoms with van der Waals surface area (Å²) in [6.07, 6.45) is 0. The summed E-state index contributed by atoms with van der Waals surface area (Å²) in [7, 11) is 0. The highest BCUT2D eigenvalue weighted by atomic mass is 127. The van der Waals surface area contributed by atoms with Gasteiger partial charge in [-0.2, -0.15) is 0 Å². The standard InChI is InChI=1S/C10H6BrFIN/c1-5-9(13)8(11)6-3-2-4-7(12)10(6)14-5/h2-4H,1H3.